The average Bonchev–Trinajstić information content (AvgIpc) is 3.24. The van der Waals surface area contributed by atoms with E-state index in [4.69, 9.17) is 9.15 Å². The monoisotopic (exact) mass is 564 g/mol. The summed E-state index contributed by atoms with van der Waals surface area (Å²) < 4.78 is 39.4. The van der Waals surface area contributed by atoms with Gasteiger partial charge in [0.15, 0.2) is 5.76 Å². The number of amides is 1. The number of rotatable bonds is 10. The molecule has 1 amide bonds. The number of carbonyl (C=O) groups excluding carboxylic acids is 1. The Morgan fingerprint density at radius 3 is 2.05 bits per heavy atom. The molecule has 3 N–H and O–H groups in total. The van der Waals surface area contributed by atoms with E-state index < -0.39 is 28.0 Å². The molecular formula is C30H32N2O7S. The van der Waals surface area contributed by atoms with Gasteiger partial charge in [0.25, 0.3) is 5.91 Å². The van der Waals surface area contributed by atoms with Gasteiger partial charge in [-0.1, -0.05) is 44.2 Å². The van der Waals surface area contributed by atoms with Gasteiger partial charge in [-0.3, -0.25) is 9.59 Å². The van der Waals surface area contributed by atoms with Crippen molar-refractivity contribution in [2.75, 3.05) is 5.32 Å². The summed E-state index contributed by atoms with van der Waals surface area (Å²) in [5.74, 6) is -1.18. The molecule has 0 fully saturated rings. The van der Waals surface area contributed by atoms with Crippen molar-refractivity contribution in [3.05, 3.63) is 78.1 Å². The molecule has 4 rings (SSSR count). The van der Waals surface area contributed by atoms with Gasteiger partial charge in [0, 0.05) is 11.3 Å². The molecule has 1 atom stereocenters. The van der Waals surface area contributed by atoms with Gasteiger partial charge in [-0.05, 0) is 74.2 Å². The van der Waals surface area contributed by atoms with E-state index in [0.29, 0.717) is 22.6 Å². The summed E-state index contributed by atoms with van der Waals surface area (Å²) in [5, 5.41) is 12.9. The number of benzene rings is 3. The van der Waals surface area contributed by atoms with Gasteiger partial charge in [-0.15, -0.1) is 0 Å². The number of nitrogens with one attached hydrogen (secondary N) is 2. The van der Waals surface area contributed by atoms with Crippen LogP contribution in [0.25, 0.3) is 22.1 Å². The largest absolute Gasteiger partial charge is 0.490 e. The van der Waals surface area contributed by atoms with Crippen LogP contribution in [-0.4, -0.2) is 37.5 Å². The molecule has 0 aliphatic rings. The normalized spacial score (nSPS) is 12.6. The number of ether oxygens (including phenoxy) is 1. The zero-order valence-corrected chi connectivity index (χ0v) is 23.7. The highest BCUT2D eigenvalue weighted by Gasteiger charge is 2.28. The van der Waals surface area contributed by atoms with E-state index in [-0.39, 0.29) is 22.7 Å². The Morgan fingerprint density at radius 2 is 1.50 bits per heavy atom. The first-order valence-corrected chi connectivity index (χ1v) is 14.3. The Kier molecular flexibility index (Phi) is 8.32. The van der Waals surface area contributed by atoms with Crippen molar-refractivity contribution in [3.63, 3.8) is 0 Å². The predicted molar refractivity (Wildman–Crippen MR) is 153 cm³/mol. The Balaban J connectivity index is 1.48. The smallest absolute Gasteiger partial charge is 0.322 e. The van der Waals surface area contributed by atoms with Crippen molar-refractivity contribution in [1.82, 2.24) is 4.72 Å². The van der Waals surface area contributed by atoms with E-state index in [1.54, 1.807) is 56.3 Å². The van der Waals surface area contributed by atoms with Crippen LogP contribution in [-0.2, 0) is 14.8 Å². The summed E-state index contributed by atoms with van der Waals surface area (Å²) in [6, 6.07) is 17.5. The molecule has 9 nitrogen and oxygen atoms in total. The maximum absolute atomic E-state index is 13.0. The molecule has 1 heterocycles. The Morgan fingerprint density at radius 1 is 0.900 bits per heavy atom. The number of aliphatic carboxylic acids is 1. The second-order valence-electron chi connectivity index (χ2n) is 10.1. The van der Waals surface area contributed by atoms with Crippen LogP contribution in [0, 0.1) is 12.8 Å². The molecule has 0 aliphatic carbocycles. The second-order valence-corrected chi connectivity index (χ2v) is 11.8. The molecule has 1 aromatic heterocycles. The molecule has 40 heavy (non-hydrogen) atoms. The summed E-state index contributed by atoms with van der Waals surface area (Å²) >= 11 is 0. The fourth-order valence-corrected chi connectivity index (χ4v) is 5.64. The number of carboxylic acid groups (broad SMARTS) is 1. The standard InChI is InChI=1S/C30H32N2O7S/c1-17(2)27(30(34)35)32-40(36,37)23-15-11-21(12-16-23)20-9-13-22(14-10-20)31-29(33)28-19(5)26-24(38-18(3)4)7-6-8-25(26)39-28/h6-18,27,32H,1-5H3,(H,31,33)(H,34,35)/t27-/m0/s1. The van der Waals surface area contributed by atoms with Crippen molar-refractivity contribution in [2.45, 2.75) is 51.7 Å². The molecule has 0 radical (unpaired) electrons. The third-order valence-corrected chi connectivity index (χ3v) is 7.80. The highest BCUT2D eigenvalue weighted by atomic mass is 32.2. The first-order chi connectivity index (χ1) is 18.9. The average molecular weight is 565 g/mol. The van der Waals surface area contributed by atoms with Crippen LogP contribution in [0.15, 0.2) is 76.0 Å². The van der Waals surface area contributed by atoms with Gasteiger partial charge in [0.2, 0.25) is 10.0 Å². The Labute approximate surface area is 233 Å². The fourth-order valence-electron chi connectivity index (χ4n) is 4.30. The highest BCUT2D eigenvalue weighted by Crippen LogP contribution is 2.34. The fraction of sp³-hybridized carbons (Fsp3) is 0.267. The molecule has 4 aromatic rings. The van der Waals surface area contributed by atoms with E-state index in [9.17, 15) is 23.1 Å². The third kappa shape index (κ3) is 6.19. The molecule has 0 unspecified atom stereocenters. The minimum absolute atomic E-state index is 0.0258. The highest BCUT2D eigenvalue weighted by molar-refractivity contribution is 7.89. The molecule has 0 spiro atoms. The summed E-state index contributed by atoms with van der Waals surface area (Å²) in [7, 11) is -4.01. The second kappa shape index (κ2) is 11.5. The number of carbonyl (C=O) groups is 2. The minimum atomic E-state index is -4.01. The molecular weight excluding hydrogens is 532 g/mol. The molecule has 3 aromatic carbocycles. The van der Waals surface area contributed by atoms with E-state index in [1.807, 2.05) is 32.9 Å². The van der Waals surface area contributed by atoms with Gasteiger partial charge in [0.1, 0.15) is 17.4 Å². The summed E-state index contributed by atoms with van der Waals surface area (Å²) in [6.45, 7) is 8.95. The van der Waals surface area contributed by atoms with Crippen LogP contribution in [0.5, 0.6) is 5.75 Å². The van der Waals surface area contributed by atoms with Gasteiger partial charge < -0.3 is 19.6 Å². The van der Waals surface area contributed by atoms with Gasteiger partial charge in [-0.25, -0.2) is 8.42 Å². The van der Waals surface area contributed by atoms with Crippen LogP contribution in [0.1, 0.15) is 43.8 Å². The van der Waals surface area contributed by atoms with Gasteiger partial charge in [0.05, 0.1) is 16.4 Å². The number of hydrogen-bond donors (Lipinski definition) is 3. The van der Waals surface area contributed by atoms with Crippen LogP contribution in [0.3, 0.4) is 0 Å². The lowest BCUT2D eigenvalue weighted by Crippen LogP contribution is -2.44. The number of aryl methyl sites for hydroxylation is 1. The zero-order chi connectivity index (χ0) is 29.2. The van der Waals surface area contributed by atoms with E-state index in [0.717, 1.165) is 16.5 Å². The SMILES string of the molecule is Cc1c(C(=O)Nc2ccc(-c3ccc(S(=O)(=O)N[C@H](C(=O)O)C(C)C)cc3)cc2)oc2cccc(OC(C)C)c12. The topological polar surface area (TPSA) is 135 Å². The van der Waals surface area contributed by atoms with E-state index in [2.05, 4.69) is 10.0 Å². The predicted octanol–water partition coefficient (Wildman–Crippen LogP) is 5.84. The molecule has 10 heteroatoms. The number of hydrogen-bond acceptors (Lipinski definition) is 6. The number of carboxylic acids is 1. The first kappa shape index (κ1) is 28.8. The van der Waals surface area contributed by atoms with Crippen LogP contribution < -0.4 is 14.8 Å². The van der Waals surface area contributed by atoms with Crippen LogP contribution in [0.4, 0.5) is 5.69 Å². The number of furan rings is 1. The molecule has 0 bridgehead atoms. The number of anilines is 1. The summed E-state index contributed by atoms with van der Waals surface area (Å²) in [6.07, 6.45) is -0.0258. The molecule has 210 valence electrons. The van der Waals surface area contributed by atoms with Crippen LogP contribution in [0.2, 0.25) is 0 Å². The van der Waals surface area contributed by atoms with Crippen molar-refractivity contribution < 1.29 is 32.3 Å². The van der Waals surface area contributed by atoms with Crippen LogP contribution >= 0.6 is 0 Å². The molecule has 0 saturated heterocycles. The van der Waals surface area contributed by atoms with Gasteiger partial charge in [-0.2, -0.15) is 4.72 Å². The quantitative estimate of drug-likeness (QED) is 0.220. The van der Waals surface area contributed by atoms with Crippen molar-refractivity contribution >= 4 is 38.6 Å². The lowest BCUT2D eigenvalue weighted by molar-refractivity contribution is -0.140. The lowest BCUT2D eigenvalue weighted by Gasteiger charge is -2.18. The zero-order valence-electron chi connectivity index (χ0n) is 22.9. The first-order valence-electron chi connectivity index (χ1n) is 12.8. The number of fused-ring (bicyclic) bond motifs is 1. The molecule has 0 aliphatic heterocycles. The third-order valence-electron chi connectivity index (χ3n) is 6.34. The minimum Gasteiger partial charge on any atom is -0.490 e. The van der Waals surface area contributed by atoms with E-state index in [1.165, 1.54) is 12.1 Å². The van der Waals surface area contributed by atoms with E-state index >= 15 is 0 Å². The molecule has 0 saturated carbocycles. The maximum atomic E-state index is 13.0. The summed E-state index contributed by atoms with van der Waals surface area (Å²) in [4.78, 5) is 24.4. The van der Waals surface area contributed by atoms with Crippen molar-refractivity contribution in [3.8, 4) is 16.9 Å². The van der Waals surface area contributed by atoms with Crippen molar-refractivity contribution in [1.29, 1.82) is 0 Å². The summed E-state index contributed by atoms with van der Waals surface area (Å²) in [5.41, 5.74) is 3.37. The van der Waals surface area contributed by atoms with Gasteiger partial charge >= 0.3 is 5.97 Å². The Hall–Kier alpha value is -4.15. The van der Waals surface area contributed by atoms with Crippen molar-refractivity contribution in [2.24, 2.45) is 5.92 Å². The lowest BCUT2D eigenvalue weighted by atomic mass is 10.1. The number of sulfonamides is 1. The Bertz CT molecular complexity index is 1640. The maximum Gasteiger partial charge on any atom is 0.322 e.